The van der Waals surface area contributed by atoms with Gasteiger partial charge in [-0.15, -0.1) is 0 Å². The Hall–Kier alpha value is -3.14. The lowest BCUT2D eigenvalue weighted by Crippen LogP contribution is -2.34. The third-order valence-corrected chi connectivity index (χ3v) is 5.17. The molecule has 2 unspecified atom stereocenters. The van der Waals surface area contributed by atoms with Gasteiger partial charge < -0.3 is 34.8 Å². The smallest absolute Gasteiger partial charge is 0.414 e. The van der Waals surface area contributed by atoms with Crippen LogP contribution in [0.15, 0.2) is 42.5 Å². The van der Waals surface area contributed by atoms with Gasteiger partial charge in [-0.3, -0.25) is 0 Å². The summed E-state index contributed by atoms with van der Waals surface area (Å²) in [4.78, 5) is 18.2. The van der Waals surface area contributed by atoms with Crippen LogP contribution in [0, 0.1) is 0 Å². The first kappa shape index (κ1) is 23.5. The summed E-state index contributed by atoms with van der Waals surface area (Å²) in [6.45, 7) is 1.55. The minimum Gasteiger partial charge on any atom is -0.473 e. The number of hydrogen-bond acceptors (Lipinski definition) is 7. The van der Waals surface area contributed by atoms with Crippen molar-refractivity contribution in [3.63, 3.8) is 0 Å². The molecule has 0 saturated carbocycles. The van der Waals surface area contributed by atoms with E-state index in [1.54, 1.807) is 0 Å². The number of ether oxygens (including phenoxy) is 3. The molecule has 2 aromatic carbocycles. The molecular formula is C23H27NO8. The van der Waals surface area contributed by atoms with E-state index in [0.29, 0.717) is 25.8 Å². The monoisotopic (exact) mass is 445 g/mol. The van der Waals surface area contributed by atoms with Gasteiger partial charge in [-0.05, 0) is 48.1 Å². The van der Waals surface area contributed by atoms with Gasteiger partial charge >= 0.3 is 11.9 Å². The van der Waals surface area contributed by atoms with Crippen LogP contribution in [-0.2, 0) is 27.4 Å². The lowest BCUT2D eigenvalue weighted by molar-refractivity contribution is -0.159. The van der Waals surface area contributed by atoms with Crippen molar-refractivity contribution in [2.75, 3.05) is 19.9 Å². The van der Waals surface area contributed by atoms with Crippen molar-refractivity contribution in [3.05, 3.63) is 59.2 Å². The van der Waals surface area contributed by atoms with E-state index in [-0.39, 0.29) is 6.79 Å². The van der Waals surface area contributed by atoms with Gasteiger partial charge in [0.05, 0.1) is 19.3 Å². The van der Waals surface area contributed by atoms with Crippen molar-refractivity contribution >= 4 is 11.9 Å². The molecule has 2 atom stereocenters. The molecule has 0 amide bonds. The van der Waals surface area contributed by atoms with Gasteiger partial charge in [0.1, 0.15) is 0 Å². The summed E-state index contributed by atoms with van der Waals surface area (Å²) in [5.41, 5.74) is 3.80. The zero-order chi connectivity index (χ0) is 22.9. The van der Waals surface area contributed by atoms with Gasteiger partial charge in [-0.25, -0.2) is 9.59 Å². The Balaban J connectivity index is 0.000000427. The summed E-state index contributed by atoms with van der Waals surface area (Å²) in [5, 5.41) is 28.5. The first-order valence-corrected chi connectivity index (χ1v) is 10.4. The van der Waals surface area contributed by atoms with Crippen LogP contribution in [-0.4, -0.2) is 53.3 Å². The molecule has 1 heterocycles. The Morgan fingerprint density at radius 2 is 1.84 bits per heavy atom. The number of carbonyl (C=O) groups is 2. The quantitative estimate of drug-likeness (QED) is 0.473. The number of aliphatic hydroxyl groups is 1. The fourth-order valence-electron chi connectivity index (χ4n) is 3.65. The number of aliphatic hydroxyl groups excluding tert-OH is 1. The van der Waals surface area contributed by atoms with Crippen LogP contribution < -0.4 is 14.8 Å². The van der Waals surface area contributed by atoms with Crippen LogP contribution in [0.1, 0.15) is 35.6 Å². The number of aliphatic carboxylic acids is 2. The van der Waals surface area contributed by atoms with Crippen LogP contribution in [0.3, 0.4) is 0 Å². The number of hydrogen-bond donors (Lipinski definition) is 4. The second-order valence-electron chi connectivity index (χ2n) is 7.52. The van der Waals surface area contributed by atoms with E-state index in [4.69, 9.17) is 34.0 Å². The highest BCUT2D eigenvalue weighted by Crippen LogP contribution is 2.32. The van der Waals surface area contributed by atoms with E-state index in [9.17, 15) is 5.11 Å². The lowest BCUT2D eigenvalue weighted by atomic mass is 9.88. The Morgan fingerprint density at radius 3 is 2.62 bits per heavy atom. The molecule has 0 saturated heterocycles. The summed E-state index contributed by atoms with van der Waals surface area (Å²) in [5.74, 6) is -2.12. The van der Waals surface area contributed by atoms with Gasteiger partial charge in [0.2, 0.25) is 6.79 Å². The first-order chi connectivity index (χ1) is 15.4. The Bertz CT molecular complexity index is 920. The highest BCUT2D eigenvalue weighted by molar-refractivity contribution is 6.27. The number of carboxylic acids is 2. The SMILES string of the molecule is O=C(O)C(=O)O.OC(CNC1CCCc2ccccc21)COCc1ccc2c(c1)OCO2. The summed E-state index contributed by atoms with van der Waals surface area (Å²) < 4.78 is 16.3. The zero-order valence-electron chi connectivity index (χ0n) is 17.5. The first-order valence-electron chi connectivity index (χ1n) is 10.4. The Kier molecular flexibility index (Phi) is 8.43. The molecule has 2 aliphatic rings. The van der Waals surface area contributed by atoms with E-state index in [1.165, 1.54) is 17.5 Å². The molecule has 9 heteroatoms. The average Bonchev–Trinajstić information content (AvgIpc) is 3.26. The highest BCUT2D eigenvalue weighted by Gasteiger charge is 2.20. The second kappa shape index (κ2) is 11.5. The van der Waals surface area contributed by atoms with E-state index in [0.717, 1.165) is 29.9 Å². The molecular weight excluding hydrogens is 418 g/mol. The standard InChI is InChI=1S/C21H25NO4.C2H2O4/c23-17(11-22-19-7-3-5-16-4-1-2-6-18(16)19)13-24-12-15-8-9-20-21(10-15)26-14-25-20;3-1(4)2(5)6/h1-2,4,6,8-10,17,19,22-23H,3,5,7,11-14H2;(H,3,4)(H,5,6). The molecule has 0 radical (unpaired) electrons. The molecule has 0 fully saturated rings. The van der Waals surface area contributed by atoms with Gasteiger partial charge in [0.25, 0.3) is 0 Å². The van der Waals surface area contributed by atoms with Crippen molar-refractivity contribution in [2.24, 2.45) is 0 Å². The predicted molar refractivity (Wildman–Crippen MR) is 114 cm³/mol. The second-order valence-corrected chi connectivity index (χ2v) is 7.52. The normalized spacial score (nSPS) is 17.0. The van der Waals surface area contributed by atoms with E-state index < -0.39 is 18.0 Å². The van der Waals surface area contributed by atoms with Crippen molar-refractivity contribution in [1.29, 1.82) is 0 Å². The minimum atomic E-state index is -1.82. The molecule has 9 nitrogen and oxygen atoms in total. The fourth-order valence-corrected chi connectivity index (χ4v) is 3.65. The number of carboxylic acid groups (broad SMARTS) is 2. The zero-order valence-corrected chi connectivity index (χ0v) is 17.5. The van der Waals surface area contributed by atoms with Crippen LogP contribution in [0.5, 0.6) is 11.5 Å². The molecule has 1 aliphatic carbocycles. The third-order valence-electron chi connectivity index (χ3n) is 5.17. The molecule has 172 valence electrons. The maximum Gasteiger partial charge on any atom is 0.414 e. The molecule has 4 rings (SSSR count). The molecule has 4 N–H and O–H groups in total. The number of rotatable bonds is 7. The summed E-state index contributed by atoms with van der Waals surface area (Å²) >= 11 is 0. The van der Waals surface area contributed by atoms with Crippen LogP contribution >= 0.6 is 0 Å². The van der Waals surface area contributed by atoms with E-state index >= 15 is 0 Å². The largest absolute Gasteiger partial charge is 0.473 e. The third kappa shape index (κ3) is 6.68. The van der Waals surface area contributed by atoms with Gasteiger partial charge in [-0.2, -0.15) is 0 Å². The molecule has 1 aliphatic heterocycles. The summed E-state index contributed by atoms with van der Waals surface area (Å²) in [7, 11) is 0. The maximum atomic E-state index is 10.2. The van der Waals surface area contributed by atoms with Crippen molar-refractivity contribution in [3.8, 4) is 11.5 Å². The molecule has 2 aromatic rings. The number of benzene rings is 2. The fraction of sp³-hybridized carbons (Fsp3) is 0.391. The Morgan fingerprint density at radius 1 is 1.09 bits per heavy atom. The number of fused-ring (bicyclic) bond motifs is 2. The molecule has 32 heavy (non-hydrogen) atoms. The predicted octanol–water partition coefficient (Wildman–Crippen LogP) is 2.12. The van der Waals surface area contributed by atoms with Gasteiger partial charge in [0.15, 0.2) is 11.5 Å². The highest BCUT2D eigenvalue weighted by atomic mass is 16.7. The van der Waals surface area contributed by atoms with Crippen molar-refractivity contribution in [2.45, 2.75) is 38.0 Å². The van der Waals surface area contributed by atoms with Crippen molar-refractivity contribution in [1.82, 2.24) is 5.32 Å². The number of aryl methyl sites for hydroxylation is 1. The van der Waals surface area contributed by atoms with Crippen LogP contribution in [0.4, 0.5) is 0 Å². The average molecular weight is 445 g/mol. The topological polar surface area (TPSA) is 135 Å². The minimum absolute atomic E-state index is 0.272. The van der Waals surface area contributed by atoms with Crippen LogP contribution in [0.2, 0.25) is 0 Å². The van der Waals surface area contributed by atoms with Gasteiger partial charge in [-0.1, -0.05) is 30.3 Å². The molecule has 0 aromatic heterocycles. The van der Waals surface area contributed by atoms with Crippen LogP contribution in [0.25, 0.3) is 0 Å². The summed E-state index contributed by atoms with van der Waals surface area (Å²) in [6, 6.07) is 14.7. The molecule has 0 spiro atoms. The Labute approximate surface area is 185 Å². The lowest BCUT2D eigenvalue weighted by Gasteiger charge is -2.27. The molecule has 0 bridgehead atoms. The van der Waals surface area contributed by atoms with E-state index in [2.05, 4.69) is 29.6 Å². The van der Waals surface area contributed by atoms with Gasteiger partial charge in [0, 0.05) is 12.6 Å². The van der Waals surface area contributed by atoms with Crippen molar-refractivity contribution < 1.29 is 39.1 Å². The number of nitrogens with one attached hydrogen (secondary N) is 1. The summed E-state index contributed by atoms with van der Waals surface area (Å²) in [6.07, 6.45) is 2.92. The van der Waals surface area contributed by atoms with E-state index in [1.807, 2.05) is 18.2 Å². The maximum absolute atomic E-state index is 10.2.